The van der Waals surface area contributed by atoms with Crippen molar-refractivity contribution < 1.29 is 32.3 Å². The van der Waals surface area contributed by atoms with Crippen molar-refractivity contribution in [1.29, 1.82) is 0 Å². The standard InChI is InChI=1S/C25H32F3N3O4/c1-24(11-13-29(14-12-24)22(33)25(26,27)28)18-5-9-20(10-6-18)31-16-15-30(23(31)34)19-7-3-17(4-8-19)21(32)35-2/h5-6,9-10,17,19H,3-4,7-8,11-16H2,1-2H3/t17-,19-. The second-order valence-corrected chi connectivity index (χ2v) is 10.1. The molecule has 0 N–H and O–H groups in total. The summed E-state index contributed by atoms with van der Waals surface area (Å²) in [6, 6.07) is 7.75. The van der Waals surface area contributed by atoms with Gasteiger partial charge in [-0.1, -0.05) is 19.1 Å². The molecule has 0 aromatic heterocycles. The molecule has 7 nitrogen and oxygen atoms in total. The van der Waals surface area contributed by atoms with Crippen molar-refractivity contribution >= 4 is 23.6 Å². The van der Waals surface area contributed by atoms with Crippen molar-refractivity contribution in [1.82, 2.24) is 9.80 Å². The summed E-state index contributed by atoms with van der Waals surface area (Å²) in [6.45, 7) is 3.35. The first-order chi connectivity index (χ1) is 16.5. The number of carbonyl (C=O) groups excluding carboxylic acids is 3. The zero-order valence-corrected chi connectivity index (χ0v) is 20.1. The van der Waals surface area contributed by atoms with E-state index in [1.165, 1.54) is 7.11 Å². The normalized spacial score (nSPS) is 25.1. The van der Waals surface area contributed by atoms with Gasteiger partial charge in [-0.05, 0) is 61.6 Å². The maximum Gasteiger partial charge on any atom is 0.471 e. The highest BCUT2D eigenvalue weighted by molar-refractivity contribution is 5.94. The fourth-order valence-electron chi connectivity index (χ4n) is 5.64. The molecule has 2 heterocycles. The Morgan fingerprint density at radius 2 is 1.57 bits per heavy atom. The minimum atomic E-state index is -4.84. The summed E-state index contributed by atoms with van der Waals surface area (Å²) in [5.74, 6) is -2.03. The third-order valence-electron chi connectivity index (χ3n) is 7.99. The molecule has 4 rings (SSSR count). The van der Waals surface area contributed by atoms with Gasteiger partial charge < -0.3 is 14.5 Å². The van der Waals surface area contributed by atoms with Crippen molar-refractivity contribution in [3.63, 3.8) is 0 Å². The molecule has 35 heavy (non-hydrogen) atoms. The average Bonchev–Trinajstić information content (AvgIpc) is 3.24. The minimum Gasteiger partial charge on any atom is -0.469 e. The fraction of sp³-hybridized carbons (Fsp3) is 0.640. The number of urea groups is 1. The molecule has 1 aliphatic carbocycles. The van der Waals surface area contributed by atoms with Crippen LogP contribution in [0.2, 0.25) is 0 Å². The lowest BCUT2D eigenvalue weighted by molar-refractivity contribution is -0.186. The van der Waals surface area contributed by atoms with Crippen molar-refractivity contribution in [2.45, 2.75) is 63.1 Å². The van der Waals surface area contributed by atoms with Gasteiger partial charge in [-0.3, -0.25) is 14.5 Å². The van der Waals surface area contributed by atoms with Gasteiger partial charge >= 0.3 is 24.1 Å². The SMILES string of the molecule is COC(=O)[C@H]1CC[C@H](N2CCN(c3ccc(C4(C)CCN(C(=O)C(F)(F)F)CC4)cc3)C2=O)CC1. The van der Waals surface area contributed by atoms with Crippen LogP contribution in [0.15, 0.2) is 24.3 Å². The van der Waals surface area contributed by atoms with E-state index in [9.17, 15) is 27.6 Å². The van der Waals surface area contributed by atoms with Crippen molar-refractivity contribution in [3.05, 3.63) is 29.8 Å². The van der Waals surface area contributed by atoms with E-state index in [1.807, 2.05) is 36.1 Å². The molecule has 0 bridgehead atoms. The monoisotopic (exact) mass is 495 g/mol. The Hall–Kier alpha value is -2.78. The molecule has 3 fully saturated rings. The zero-order valence-electron chi connectivity index (χ0n) is 20.1. The minimum absolute atomic E-state index is 0.0375. The predicted octanol–water partition coefficient (Wildman–Crippen LogP) is 4.10. The Bertz CT molecular complexity index is 950. The molecule has 0 spiro atoms. The van der Waals surface area contributed by atoms with E-state index < -0.39 is 12.1 Å². The number of benzene rings is 1. The van der Waals surface area contributed by atoms with E-state index >= 15 is 0 Å². The van der Waals surface area contributed by atoms with Crippen LogP contribution in [0.3, 0.4) is 0 Å². The molecule has 192 valence electrons. The van der Waals surface area contributed by atoms with E-state index in [0.717, 1.165) is 41.8 Å². The van der Waals surface area contributed by atoms with Gasteiger partial charge in [0.25, 0.3) is 0 Å². The number of rotatable bonds is 4. The van der Waals surface area contributed by atoms with E-state index in [0.29, 0.717) is 25.9 Å². The summed E-state index contributed by atoms with van der Waals surface area (Å²) < 4.78 is 43.1. The first-order valence-electron chi connectivity index (χ1n) is 12.2. The summed E-state index contributed by atoms with van der Waals surface area (Å²) in [5, 5.41) is 0. The first kappa shape index (κ1) is 25.3. The summed E-state index contributed by atoms with van der Waals surface area (Å²) in [7, 11) is 1.40. The van der Waals surface area contributed by atoms with Gasteiger partial charge in [0.15, 0.2) is 0 Å². The number of esters is 1. The molecule has 2 aliphatic heterocycles. The molecule has 0 atom stereocenters. The lowest BCUT2D eigenvalue weighted by Gasteiger charge is -2.40. The Morgan fingerprint density at radius 3 is 2.11 bits per heavy atom. The Labute approximate surface area is 203 Å². The maximum absolute atomic E-state index is 13.1. The van der Waals surface area contributed by atoms with Gasteiger partial charge in [-0.15, -0.1) is 0 Å². The van der Waals surface area contributed by atoms with E-state index in [1.54, 1.807) is 4.90 Å². The Morgan fingerprint density at radius 1 is 0.971 bits per heavy atom. The van der Waals surface area contributed by atoms with Gasteiger partial charge in [0.05, 0.1) is 13.0 Å². The highest BCUT2D eigenvalue weighted by Crippen LogP contribution is 2.38. The zero-order chi connectivity index (χ0) is 25.4. The molecule has 1 saturated carbocycles. The van der Waals surface area contributed by atoms with Crippen LogP contribution in [-0.2, 0) is 19.7 Å². The lowest BCUT2D eigenvalue weighted by atomic mass is 9.74. The number of nitrogens with zero attached hydrogens (tertiary/aromatic N) is 3. The maximum atomic E-state index is 13.1. The number of carbonyl (C=O) groups is 3. The van der Waals surface area contributed by atoms with Gasteiger partial charge in [0.1, 0.15) is 0 Å². The van der Waals surface area contributed by atoms with Gasteiger partial charge in [-0.25, -0.2) is 4.79 Å². The van der Waals surface area contributed by atoms with Crippen LogP contribution in [0.1, 0.15) is 51.0 Å². The van der Waals surface area contributed by atoms with Gasteiger partial charge in [0, 0.05) is 37.9 Å². The van der Waals surface area contributed by atoms with Crippen molar-refractivity contribution in [2.75, 3.05) is 38.2 Å². The summed E-state index contributed by atoms with van der Waals surface area (Å²) >= 11 is 0. The topological polar surface area (TPSA) is 70.2 Å². The van der Waals surface area contributed by atoms with E-state index in [-0.39, 0.29) is 42.5 Å². The number of piperidine rings is 1. The highest BCUT2D eigenvalue weighted by Gasteiger charge is 2.45. The van der Waals surface area contributed by atoms with Crippen LogP contribution in [0.25, 0.3) is 0 Å². The number of likely N-dealkylation sites (tertiary alicyclic amines) is 1. The molecule has 0 unspecified atom stereocenters. The lowest BCUT2D eigenvalue weighted by Crippen LogP contribution is -2.48. The van der Waals surface area contributed by atoms with E-state index in [2.05, 4.69) is 0 Å². The molecule has 3 aliphatic rings. The quantitative estimate of drug-likeness (QED) is 0.590. The molecule has 3 amide bonds. The average molecular weight is 496 g/mol. The number of halogens is 3. The Kier molecular flexibility index (Phi) is 7.02. The molecular formula is C25H32F3N3O4. The van der Waals surface area contributed by atoms with Gasteiger partial charge in [0.2, 0.25) is 0 Å². The number of amides is 3. The number of ether oxygens (including phenoxy) is 1. The summed E-state index contributed by atoms with van der Waals surface area (Å²) in [6.07, 6.45) is -0.945. The van der Waals surface area contributed by atoms with E-state index in [4.69, 9.17) is 4.74 Å². The smallest absolute Gasteiger partial charge is 0.469 e. The summed E-state index contributed by atoms with van der Waals surface area (Å²) in [4.78, 5) is 41.0. The highest BCUT2D eigenvalue weighted by atomic mass is 19.4. The molecule has 1 aromatic carbocycles. The van der Waals surface area contributed by atoms with Crippen LogP contribution < -0.4 is 4.90 Å². The number of anilines is 1. The molecule has 1 aromatic rings. The van der Waals surface area contributed by atoms with Crippen LogP contribution >= 0.6 is 0 Å². The molecule has 0 radical (unpaired) electrons. The third-order valence-corrected chi connectivity index (χ3v) is 7.99. The second kappa shape index (κ2) is 9.70. The Balaban J connectivity index is 1.35. The number of hydrogen-bond acceptors (Lipinski definition) is 4. The first-order valence-corrected chi connectivity index (χ1v) is 12.2. The molecular weight excluding hydrogens is 463 g/mol. The fourth-order valence-corrected chi connectivity index (χ4v) is 5.64. The number of methoxy groups -OCH3 is 1. The van der Waals surface area contributed by atoms with Crippen LogP contribution in [0.5, 0.6) is 0 Å². The van der Waals surface area contributed by atoms with Crippen LogP contribution in [-0.4, -0.2) is 73.2 Å². The van der Waals surface area contributed by atoms with Gasteiger partial charge in [-0.2, -0.15) is 13.2 Å². The summed E-state index contributed by atoms with van der Waals surface area (Å²) in [5.41, 5.74) is 1.45. The predicted molar refractivity (Wildman–Crippen MR) is 123 cm³/mol. The third kappa shape index (κ3) is 5.11. The number of hydrogen-bond donors (Lipinski definition) is 0. The molecule has 2 saturated heterocycles. The second-order valence-electron chi connectivity index (χ2n) is 10.1. The number of alkyl halides is 3. The van der Waals surface area contributed by atoms with Crippen molar-refractivity contribution in [2.24, 2.45) is 5.92 Å². The van der Waals surface area contributed by atoms with Crippen molar-refractivity contribution in [3.8, 4) is 0 Å². The van der Waals surface area contributed by atoms with Crippen LogP contribution in [0, 0.1) is 5.92 Å². The molecule has 10 heteroatoms. The van der Waals surface area contributed by atoms with Crippen LogP contribution in [0.4, 0.5) is 23.7 Å². The largest absolute Gasteiger partial charge is 0.471 e.